The maximum absolute atomic E-state index is 13.2. The highest BCUT2D eigenvalue weighted by Crippen LogP contribution is 2.44. The summed E-state index contributed by atoms with van der Waals surface area (Å²) in [5.74, 6) is 0.776. The lowest BCUT2D eigenvalue weighted by molar-refractivity contribution is -0.141. The largest absolute Gasteiger partial charge is 0.492 e. The van der Waals surface area contributed by atoms with E-state index in [1.165, 1.54) is 13.2 Å². The van der Waals surface area contributed by atoms with Gasteiger partial charge in [-0.25, -0.2) is 0 Å². The minimum atomic E-state index is -4.51. The van der Waals surface area contributed by atoms with E-state index in [1.54, 1.807) is 12.1 Å². The van der Waals surface area contributed by atoms with Gasteiger partial charge in [0.25, 0.3) is 0 Å². The van der Waals surface area contributed by atoms with E-state index in [4.69, 9.17) is 14.2 Å². The fourth-order valence-electron chi connectivity index (χ4n) is 4.26. The fourth-order valence-corrected chi connectivity index (χ4v) is 4.26. The van der Waals surface area contributed by atoms with Crippen molar-refractivity contribution in [2.24, 2.45) is 0 Å². The second-order valence-electron chi connectivity index (χ2n) is 7.45. The number of alkyl halides is 3. The van der Waals surface area contributed by atoms with Crippen LogP contribution in [-0.2, 0) is 28.7 Å². The molecule has 0 radical (unpaired) electrons. The Kier molecular flexibility index (Phi) is 5.36. The van der Waals surface area contributed by atoms with E-state index < -0.39 is 24.5 Å². The van der Waals surface area contributed by atoms with Gasteiger partial charge in [-0.15, -0.1) is 0 Å². The maximum Gasteiger partial charge on any atom is 0.416 e. The lowest BCUT2D eigenvalue weighted by Gasteiger charge is -2.18. The molecule has 2 atom stereocenters. The van der Waals surface area contributed by atoms with Crippen molar-refractivity contribution in [2.75, 3.05) is 13.7 Å². The number of esters is 1. The van der Waals surface area contributed by atoms with Gasteiger partial charge in [0, 0.05) is 17.5 Å². The van der Waals surface area contributed by atoms with Gasteiger partial charge in [0.05, 0.1) is 32.3 Å². The van der Waals surface area contributed by atoms with Crippen LogP contribution < -0.4 is 9.47 Å². The summed E-state index contributed by atoms with van der Waals surface area (Å²) in [6.45, 7) is -0.292. The number of carbonyl (C=O) groups is 1. The molecule has 2 aliphatic rings. The van der Waals surface area contributed by atoms with Crippen LogP contribution in [0.4, 0.5) is 13.2 Å². The molecule has 4 rings (SSSR count). The van der Waals surface area contributed by atoms with E-state index in [2.05, 4.69) is 0 Å². The summed E-state index contributed by atoms with van der Waals surface area (Å²) < 4.78 is 56.1. The smallest absolute Gasteiger partial charge is 0.416 e. The molecular formula is C22H21F3O5. The Hall–Kier alpha value is -2.74. The number of fused-ring (bicyclic) bond motifs is 2. The van der Waals surface area contributed by atoms with Crippen molar-refractivity contribution in [3.05, 3.63) is 58.1 Å². The number of aliphatic hydroxyl groups is 1. The van der Waals surface area contributed by atoms with Gasteiger partial charge in [0.2, 0.25) is 0 Å². The summed E-state index contributed by atoms with van der Waals surface area (Å²) in [4.78, 5) is 11.5. The minimum Gasteiger partial charge on any atom is -0.492 e. The number of aliphatic hydroxyl groups excluding tert-OH is 1. The molecule has 0 saturated carbocycles. The molecule has 1 aliphatic heterocycles. The molecule has 0 saturated heterocycles. The molecule has 0 aromatic heterocycles. The number of halogens is 3. The first kappa shape index (κ1) is 20.5. The van der Waals surface area contributed by atoms with Crippen LogP contribution in [0.3, 0.4) is 0 Å². The zero-order valence-corrected chi connectivity index (χ0v) is 16.3. The molecule has 1 aliphatic carbocycles. The second-order valence-corrected chi connectivity index (χ2v) is 7.45. The highest BCUT2D eigenvalue weighted by Gasteiger charge is 2.37. The summed E-state index contributed by atoms with van der Waals surface area (Å²) in [6.07, 6.45) is -3.76. The SMILES string of the molecule is COC(=O)CC1COc2cc(OC3CCc4c3ccc(C(F)(F)F)c4CO)ccc21. The van der Waals surface area contributed by atoms with Crippen molar-refractivity contribution in [3.8, 4) is 11.5 Å². The molecule has 0 amide bonds. The molecule has 1 heterocycles. The molecule has 0 fully saturated rings. The van der Waals surface area contributed by atoms with Crippen molar-refractivity contribution >= 4 is 5.97 Å². The van der Waals surface area contributed by atoms with Gasteiger partial charge in [-0.1, -0.05) is 12.1 Å². The van der Waals surface area contributed by atoms with Crippen LogP contribution in [-0.4, -0.2) is 24.8 Å². The van der Waals surface area contributed by atoms with Crippen molar-refractivity contribution in [2.45, 2.75) is 44.1 Å². The molecule has 2 aromatic carbocycles. The third-order valence-electron chi connectivity index (χ3n) is 5.72. The predicted molar refractivity (Wildman–Crippen MR) is 100 cm³/mol. The van der Waals surface area contributed by atoms with Gasteiger partial charge in [-0.05, 0) is 41.7 Å². The average Bonchev–Trinajstić information content (AvgIpc) is 3.30. The average molecular weight is 422 g/mol. The topological polar surface area (TPSA) is 65.0 Å². The zero-order chi connectivity index (χ0) is 21.5. The Morgan fingerprint density at radius 2 is 2.00 bits per heavy atom. The van der Waals surface area contributed by atoms with Gasteiger partial charge < -0.3 is 19.3 Å². The van der Waals surface area contributed by atoms with E-state index in [1.807, 2.05) is 6.07 Å². The third kappa shape index (κ3) is 3.71. The molecule has 160 valence electrons. The van der Waals surface area contributed by atoms with Gasteiger partial charge in [0.15, 0.2) is 0 Å². The van der Waals surface area contributed by atoms with E-state index >= 15 is 0 Å². The fraction of sp³-hybridized carbons (Fsp3) is 0.409. The van der Waals surface area contributed by atoms with Crippen molar-refractivity contribution in [1.82, 2.24) is 0 Å². The number of methoxy groups -OCH3 is 1. The molecule has 30 heavy (non-hydrogen) atoms. The Balaban J connectivity index is 1.55. The minimum absolute atomic E-state index is 0.0750. The van der Waals surface area contributed by atoms with E-state index in [9.17, 15) is 23.1 Å². The number of ether oxygens (including phenoxy) is 3. The first-order chi connectivity index (χ1) is 14.3. The van der Waals surface area contributed by atoms with Gasteiger partial charge >= 0.3 is 12.1 Å². The summed E-state index contributed by atoms with van der Waals surface area (Å²) in [6, 6.07) is 7.79. The highest BCUT2D eigenvalue weighted by atomic mass is 19.4. The maximum atomic E-state index is 13.2. The van der Waals surface area contributed by atoms with E-state index in [-0.39, 0.29) is 23.9 Å². The van der Waals surface area contributed by atoms with Crippen molar-refractivity contribution < 1.29 is 37.3 Å². The zero-order valence-electron chi connectivity index (χ0n) is 16.3. The summed E-state index contributed by atoms with van der Waals surface area (Å²) in [5, 5.41) is 9.54. The Labute approximate surface area is 171 Å². The first-order valence-electron chi connectivity index (χ1n) is 9.64. The lowest BCUT2D eigenvalue weighted by atomic mass is 9.97. The number of rotatable bonds is 5. The normalized spacial score (nSPS) is 19.8. The van der Waals surface area contributed by atoms with Crippen LogP contribution in [0.2, 0.25) is 0 Å². The molecule has 0 spiro atoms. The number of hydrogen-bond donors (Lipinski definition) is 1. The standard InChI is InChI=1S/C22H21F3O5/c1-28-21(27)8-12-11-29-20-9-13(2-3-14(12)20)30-19-7-5-15-16(19)4-6-18(17(15)10-26)22(23,24)25/h2-4,6,9,12,19,26H,5,7-8,10-11H2,1H3. The molecule has 1 N–H and O–H groups in total. The number of carbonyl (C=O) groups excluding carboxylic acids is 1. The van der Waals surface area contributed by atoms with Crippen molar-refractivity contribution in [1.29, 1.82) is 0 Å². The number of benzene rings is 2. The van der Waals surface area contributed by atoms with Crippen molar-refractivity contribution in [3.63, 3.8) is 0 Å². The third-order valence-corrected chi connectivity index (χ3v) is 5.72. The Bertz CT molecular complexity index is 970. The Morgan fingerprint density at radius 1 is 1.23 bits per heavy atom. The van der Waals surface area contributed by atoms with Gasteiger partial charge in [0.1, 0.15) is 17.6 Å². The quantitative estimate of drug-likeness (QED) is 0.728. The van der Waals surface area contributed by atoms with Crippen LogP contribution in [0.15, 0.2) is 30.3 Å². The molecule has 8 heteroatoms. The molecule has 2 aromatic rings. The van der Waals surface area contributed by atoms with Crippen LogP contribution in [0.1, 0.15) is 52.7 Å². The van der Waals surface area contributed by atoms with Crippen LogP contribution in [0.5, 0.6) is 11.5 Å². The molecule has 0 bridgehead atoms. The van der Waals surface area contributed by atoms with E-state index in [0.717, 1.165) is 11.6 Å². The second kappa shape index (κ2) is 7.83. The monoisotopic (exact) mass is 422 g/mol. The van der Waals surface area contributed by atoms with Crippen LogP contribution >= 0.6 is 0 Å². The molecule has 2 unspecified atom stereocenters. The van der Waals surface area contributed by atoms with Crippen LogP contribution in [0.25, 0.3) is 0 Å². The van der Waals surface area contributed by atoms with Crippen LogP contribution in [0, 0.1) is 0 Å². The lowest BCUT2D eigenvalue weighted by Crippen LogP contribution is -2.12. The van der Waals surface area contributed by atoms with Gasteiger partial charge in [-0.3, -0.25) is 4.79 Å². The number of hydrogen-bond acceptors (Lipinski definition) is 5. The Morgan fingerprint density at radius 3 is 2.70 bits per heavy atom. The van der Waals surface area contributed by atoms with E-state index in [0.29, 0.717) is 42.1 Å². The summed E-state index contributed by atoms with van der Waals surface area (Å²) in [7, 11) is 1.34. The summed E-state index contributed by atoms with van der Waals surface area (Å²) in [5.41, 5.74) is 1.20. The van der Waals surface area contributed by atoms with Gasteiger partial charge in [-0.2, -0.15) is 13.2 Å². The molecular weight excluding hydrogens is 401 g/mol. The molecule has 5 nitrogen and oxygen atoms in total. The first-order valence-corrected chi connectivity index (χ1v) is 9.64. The summed E-state index contributed by atoms with van der Waals surface area (Å²) >= 11 is 0. The predicted octanol–water partition coefficient (Wildman–Crippen LogP) is 4.30. The highest BCUT2D eigenvalue weighted by molar-refractivity contribution is 5.71.